The van der Waals surface area contributed by atoms with Crippen molar-refractivity contribution >= 4 is 5.91 Å². The summed E-state index contributed by atoms with van der Waals surface area (Å²) in [6.07, 6.45) is 1.21. The summed E-state index contributed by atoms with van der Waals surface area (Å²) in [6, 6.07) is 0.368. The Morgan fingerprint density at radius 3 is 2.12 bits per heavy atom. The summed E-state index contributed by atoms with van der Waals surface area (Å²) < 4.78 is 0. The summed E-state index contributed by atoms with van der Waals surface area (Å²) in [5.74, 6) is 0.274. The summed E-state index contributed by atoms with van der Waals surface area (Å²) in [6.45, 7) is 13.2. The zero-order valence-corrected chi connectivity index (χ0v) is 11.3. The highest BCUT2D eigenvalue weighted by molar-refractivity contribution is 5.85. The maximum Gasteiger partial charge on any atom is 0.241 e. The van der Waals surface area contributed by atoms with Crippen LogP contribution in [0.1, 0.15) is 48.0 Å². The van der Waals surface area contributed by atoms with Crippen LogP contribution in [0.15, 0.2) is 0 Å². The first kappa shape index (κ1) is 11.9. The second-order valence-electron chi connectivity index (χ2n) is 6.40. The molecule has 92 valence electrons. The van der Waals surface area contributed by atoms with E-state index in [1.165, 1.54) is 0 Å². The van der Waals surface area contributed by atoms with Gasteiger partial charge in [0.25, 0.3) is 0 Å². The highest BCUT2D eigenvalue weighted by Gasteiger charge is 2.69. The van der Waals surface area contributed by atoms with Gasteiger partial charge in [0.1, 0.15) is 0 Å². The molecule has 0 aromatic rings. The minimum absolute atomic E-state index is 0.0165. The van der Waals surface area contributed by atoms with Gasteiger partial charge in [-0.3, -0.25) is 10.1 Å². The second kappa shape index (κ2) is 3.22. The lowest BCUT2D eigenvalue weighted by Crippen LogP contribution is -2.41. The highest BCUT2D eigenvalue weighted by atomic mass is 16.2. The minimum atomic E-state index is -0.0165. The number of rotatable bonds is 2. The molecule has 1 saturated heterocycles. The van der Waals surface area contributed by atoms with Crippen LogP contribution < -0.4 is 5.32 Å². The van der Waals surface area contributed by atoms with Gasteiger partial charge in [-0.05, 0) is 24.2 Å². The number of hydrogen-bond donors (Lipinski definition) is 1. The Morgan fingerprint density at radius 2 is 1.75 bits per heavy atom. The lowest BCUT2D eigenvalue weighted by atomic mass is 10.0. The summed E-state index contributed by atoms with van der Waals surface area (Å²) in [5.41, 5.74) is 0.476. The molecule has 2 rings (SSSR count). The Balaban J connectivity index is 2.25. The summed E-state index contributed by atoms with van der Waals surface area (Å²) in [5, 5.41) is 3.38. The lowest BCUT2D eigenvalue weighted by Gasteiger charge is -2.25. The van der Waals surface area contributed by atoms with Crippen LogP contribution in [0, 0.1) is 10.8 Å². The Bertz CT molecular complexity index is 308. The number of carbonyl (C=O) groups is 1. The van der Waals surface area contributed by atoms with Gasteiger partial charge in [0.2, 0.25) is 5.91 Å². The van der Waals surface area contributed by atoms with Crippen molar-refractivity contribution in [2.45, 2.75) is 66.2 Å². The first-order chi connectivity index (χ1) is 7.25. The van der Waals surface area contributed by atoms with Gasteiger partial charge < -0.3 is 4.90 Å². The number of nitrogens with zero attached hydrogens (tertiary/aromatic N) is 1. The van der Waals surface area contributed by atoms with Gasteiger partial charge >= 0.3 is 0 Å². The van der Waals surface area contributed by atoms with Crippen molar-refractivity contribution in [1.29, 1.82) is 0 Å². The lowest BCUT2D eigenvalue weighted by molar-refractivity contribution is -0.131. The Hall–Kier alpha value is -0.570. The third-order valence-electron chi connectivity index (χ3n) is 5.01. The van der Waals surface area contributed by atoms with Crippen molar-refractivity contribution in [1.82, 2.24) is 10.2 Å². The van der Waals surface area contributed by atoms with Crippen LogP contribution in [-0.4, -0.2) is 29.1 Å². The van der Waals surface area contributed by atoms with Gasteiger partial charge in [-0.2, -0.15) is 0 Å². The topological polar surface area (TPSA) is 32.3 Å². The molecule has 1 aliphatic heterocycles. The van der Waals surface area contributed by atoms with E-state index in [1.807, 2.05) is 6.92 Å². The monoisotopic (exact) mass is 224 g/mol. The van der Waals surface area contributed by atoms with Crippen LogP contribution in [-0.2, 0) is 4.79 Å². The van der Waals surface area contributed by atoms with Crippen LogP contribution in [0.25, 0.3) is 0 Å². The van der Waals surface area contributed by atoms with Crippen molar-refractivity contribution in [3.63, 3.8) is 0 Å². The predicted octanol–water partition coefficient (Wildman–Crippen LogP) is 1.98. The van der Waals surface area contributed by atoms with Crippen LogP contribution in [0.4, 0.5) is 0 Å². The van der Waals surface area contributed by atoms with E-state index in [-0.39, 0.29) is 28.9 Å². The molecule has 0 bridgehead atoms. The van der Waals surface area contributed by atoms with Gasteiger partial charge in [-0.15, -0.1) is 0 Å². The van der Waals surface area contributed by atoms with Crippen molar-refractivity contribution in [2.75, 3.05) is 0 Å². The maximum absolute atomic E-state index is 12.2. The molecule has 0 radical (unpaired) electrons. The molecule has 2 fully saturated rings. The second-order valence-corrected chi connectivity index (χ2v) is 6.40. The third-order valence-corrected chi connectivity index (χ3v) is 5.01. The third kappa shape index (κ3) is 1.27. The largest absolute Gasteiger partial charge is 0.322 e. The number of nitrogens with one attached hydrogen (secondary N) is 1. The molecule has 1 saturated carbocycles. The van der Waals surface area contributed by atoms with Gasteiger partial charge in [0.15, 0.2) is 0 Å². The van der Waals surface area contributed by atoms with E-state index in [9.17, 15) is 4.79 Å². The normalized spacial score (nSPS) is 36.9. The molecule has 1 heterocycles. The molecule has 2 atom stereocenters. The molecule has 0 aromatic heterocycles. The van der Waals surface area contributed by atoms with Gasteiger partial charge in [0.05, 0.1) is 12.2 Å². The highest BCUT2D eigenvalue weighted by Crippen LogP contribution is 2.66. The van der Waals surface area contributed by atoms with Gasteiger partial charge in [-0.1, -0.05) is 34.6 Å². The molecule has 1 aliphatic carbocycles. The maximum atomic E-state index is 12.2. The fourth-order valence-corrected chi connectivity index (χ4v) is 3.30. The summed E-state index contributed by atoms with van der Waals surface area (Å²) >= 11 is 0. The Kier molecular flexibility index (Phi) is 2.40. The van der Waals surface area contributed by atoms with Crippen LogP contribution in [0.3, 0.4) is 0 Å². The number of amides is 1. The predicted molar refractivity (Wildman–Crippen MR) is 64.9 cm³/mol. The Morgan fingerprint density at radius 1 is 1.25 bits per heavy atom. The van der Waals surface area contributed by atoms with Gasteiger partial charge in [0, 0.05) is 6.04 Å². The van der Waals surface area contributed by atoms with E-state index in [0.717, 1.165) is 6.42 Å². The number of carbonyl (C=O) groups excluding carboxylic acids is 1. The summed E-state index contributed by atoms with van der Waals surface area (Å²) in [4.78, 5) is 14.3. The average molecular weight is 224 g/mol. The van der Waals surface area contributed by atoms with Crippen molar-refractivity contribution in [2.24, 2.45) is 10.8 Å². The van der Waals surface area contributed by atoms with Crippen LogP contribution >= 0.6 is 0 Å². The molecule has 0 aromatic carbocycles. The molecule has 3 nitrogen and oxygen atoms in total. The fraction of sp³-hybridized carbons (Fsp3) is 0.923. The van der Waals surface area contributed by atoms with E-state index in [4.69, 9.17) is 0 Å². The zero-order valence-electron chi connectivity index (χ0n) is 11.3. The minimum Gasteiger partial charge on any atom is -0.322 e. The van der Waals surface area contributed by atoms with Crippen LogP contribution in [0.5, 0.6) is 0 Å². The van der Waals surface area contributed by atoms with E-state index >= 15 is 0 Å². The summed E-state index contributed by atoms with van der Waals surface area (Å²) in [7, 11) is 0. The van der Waals surface area contributed by atoms with E-state index < -0.39 is 0 Å². The first-order valence-electron chi connectivity index (χ1n) is 6.33. The van der Waals surface area contributed by atoms with Crippen LogP contribution in [0.2, 0.25) is 0 Å². The van der Waals surface area contributed by atoms with Crippen molar-refractivity contribution in [3.8, 4) is 0 Å². The molecule has 3 heteroatoms. The van der Waals surface area contributed by atoms with Crippen molar-refractivity contribution < 1.29 is 4.79 Å². The van der Waals surface area contributed by atoms with Gasteiger partial charge in [-0.25, -0.2) is 0 Å². The zero-order chi connectivity index (χ0) is 12.3. The Labute approximate surface area is 98.6 Å². The molecular formula is C13H24N2O. The first-order valence-corrected chi connectivity index (χ1v) is 6.33. The standard InChI is InChI=1S/C13H24N2O/c1-7-9-14-8(2)10(16)15(9)11-12(3,4)13(11,5)6/h8-9,11,14H,7H2,1-6H3. The molecular weight excluding hydrogens is 200 g/mol. The van der Waals surface area contributed by atoms with Crippen molar-refractivity contribution in [3.05, 3.63) is 0 Å². The SMILES string of the molecule is CCC1NC(C)C(=O)N1C1C(C)(C)C1(C)C. The van der Waals surface area contributed by atoms with E-state index in [0.29, 0.717) is 6.04 Å². The average Bonchev–Trinajstić information content (AvgIpc) is 2.46. The molecule has 0 spiro atoms. The molecule has 1 amide bonds. The molecule has 1 N–H and O–H groups in total. The molecule has 16 heavy (non-hydrogen) atoms. The quantitative estimate of drug-likeness (QED) is 0.778. The number of hydrogen-bond acceptors (Lipinski definition) is 2. The molecule has 2 aliphatic rings. The molecule has 2 unspecified atom stereocenters. The fourth-order valence-electron chi connectivity index (χ4n) is 3.30. The smallest absolute Gasteiger partial charge is 0.241 e. The van der Waals surface area contributed by atoms with E-state index in [1.54, 1.807) is 0 Å². The van der Waals surface area contributed by atoms with E-state index in [2.05, 4.69) is 44.8 Å².